The topological polar surface area (TPSA) is 131 Å². The molecule has 0 unspecified atom stereocenters. The second kappa shape index (κ2) is 7.95. The highest BCUT2D eigenvalue weighted by molar-refractivity contribution is 5.94. The Labute approximate surface area is 109 Å². The third kappa shape index (κ3) is 5.27. The number of carbonyl (C=O) groups is 2. The number of nitrogens with two attached hydrogens (primary N) is 1. The van der Waals surface area contributed by atoms with E-state index >= 15 is 0 Å². The molecule has 5 N–H and O–H groups in total. The summed E-state index contributed by atoms with van der Waals surface area (Å²) in [5.41, 5.74) is 2.39. The lowest BCUT2D eigenvalue weighted by Gasteiger charge is -2.06. The van der Waals surface area contributed by atoms with Gasteiger partial charge in [0, 0.05) is 13.7 Å². The average Bonchev–Trinajstić information content (AvgIpc) is 2.45. The summed E-state index contributed by atoms with van der Waals surface area (Å²) in [7, 11) is 1.53. The molecule has 0 saturated heterocycles. The van der Waals surface area contributed by atoms with Crippen LogP contribution >= 0.6 is 0 Å². The summed E-state index contributed by atoms with van der Waals surface area (Å²) in [5.74, 6) is 4.66. The van der Waals surface area contributed by atoms with Crippen molar-refractivity contribution >= 4 is 17.6 Å². The van der Waals surface area contributed by atoms with Crippen molar-refractivity contribution in [3.8, 4) is 0 Å². The minimum atomic E-state index is -0.488. The van der Waals surface area contributed by atoms with Gasteiger partial charge in [0.05, 0.1) is 13.2 Å². The molecule has 0 radical (unpaired) electrons. The molecule has 1 rings (SSSR count). The van der Waals surface area contributed by atoms with Crippen molar-refractivity contribution in [1.82, 2.24) is 20.8 Å². The summed E-state index contributed by atoms with van der Waals surface area (Å²) in [6.07, 6.45) is 0. The first-order valence-electron chi connectivity index (χ1n) is 5.51. The zero-order valence-corrected chi connectivity index (χ0v) is 10.5. The van der Waals surface area contributed by atoms with Gasteiger partial charge < -0.3 is 20.8 Å². The molecule has 0 aromatic carbocycles. The number of nitrogen functional groups attached to an aromatic ring is 1. The fourth-order valence-corrected chi connectivity index (χ4v) is 1.14. The van der Waals surface area contributed by atoms with E-state index in [-0.39, 0.29) is 18.1 Å². The van der Waals surface area contributed by atoms with Crippen molar-refractivity contribution in [1.29, 1.82) is 0 Å². The molecule has 0 atom stereocenters. The van der Waals surface area contributed by atoms with E-state index in [2.05, 4.69) is 26.3 Å². The Balaban J connectivity index is 2.35. The van der Waals surface area contributed by atoms with E-state index < -0.39 is 5.91 Å². The van der Waals surface area contributed by atoms with Crippen LogP contribution in [0.3, 0.4) is 0 Å². The monoisotopic (exact) mass is 268 g/mol. The molecule has 0 spiro atoms. The normalized spacial score (nSPS) is 9.79. The fourth-order valence-electron chi connectivity index (χ4n) is 1.14. The SMILES string of the molecule is COCCNC(=O)CNC(=O)c1ccc(NN)nn1. The van der Waals surface area contributed by atoms with Crippen LogP contribution in [0.15, 0.2) is 12.1 Å². The molecule has 0 aliphatic heterocycles. The molecule has 104 valence electrons. The van der Waals surface area contributed by atoms with Crippen molar-refractivity contribution in [2.45, 2.75) is 0 Å². The number of hydrogen-bond donors (Lipinski definition) is 4. The molecule has 0 bridgehead atoms. The molecule has 2 amide bonds. The lowest BCUT2D eigenvalue weighted by Crippen LogP contribution is -2.38. The van der Waals surface area contributed by atoms with Crippen molar-refractivity contribution in [2.24, 2.45) is 5.84 Å². The number of hydrogen-bond acceptors (Lipinski definition) is 7. The molecule has 9 nitrogen and oxygen atoms in total. The molecule has 0 aliphatic rings. The first kappa shape index (κ1) is 14.8. The number of methoxy groups -OCH3 is 1. The van der Waals surface area contributed by atoms with E-state index in [4.69, 9.17) is 10.6 Å². The third-order valence-corrected chi connectivity index (χ3v) is 2.08. The van der Waals surface area contributed by atoms with Gasteiger partial charge in [0.15, 0.2) is 11.5 Å². The summed E-state index contributed by atoms with van der Waals surface area (Å²) < 4.78 is 4.77. The van der Waals surface area contributed by atoms with Crippen molar-refractivity contribution in [2.75, 3.05) is 32.2 Å². The standard InChI is InChI=1S/C10H16N6O3/c1-19-5-4-12-9(17)6-13-10(18)7-2-3-8(14-11)16-15-7/h2-3H,4-6,11H2,1H3,(H,12,17)(H,13,18)(H,14,16). The third-order valence-electron chi connectivity index (χ3n) is 2.08. The Morgan fingerprint density at radius 3 is 2.68 bits per heavy atom. The first-order chi connectivity index (χ1) is 9.17. The number of anilines is 1. The smallest absolute Gasteiger partial charge is 0.272 e. The maximum Gasteiger partial charge on any atom is 0.272 e. The minimum absolute atomic E-state index is 0.101. The highest BCUT2D eigenvalue weighted by atomic mass is 16.5. The number of hydrazine groups is 1. The molecule has 1 aromatic rings. The highest BCUT2D eigenvalue weighted by Gasteiger charge is 2.09. The van der Waals surface area contributed by atoms with Gasteiger partial charge in [-0.1, -0.05) is 0 Å². The van der Waals surface area contributed by atoms with Crippen LogP contribution < -0.4 is 21.9 Å². The number of ether oxygens (including phenoxy) is 1. The Kier molecular flexibility index (Phi) is 6.19. The van der Waals surface area contributed by atoms with Crippen LogP contribution in [-0.4, -0.2) is 48.8 Å². The van der Waals surface area contributed by atoms with Crippen molar-refractivity contribution < 1.29 is 14.3 Å². The Bertz CT molecular complexity index is 422. The Morgan fingerprint density at radius 1 is 1.32 bits per heavy atom. The number of amides is 2. The number of nitrogens with zero attached hydrogens (tertiary/aromatic N) is 2. The van der Waals surface area contributed by atoms with Gasteiger partial charge in [-0.3, -0.25) is 9.59 Å². The average molecular weight is 268 g/mol. The number of nitrogens with one attached hydrogen (secondary N) is 3. The molecule has 0 aliphatic carbocycles. The quantitative estimate of drug-likeness (QED) is 0.262. The minimum Gasteiger partial charge on any atom is -0.383 e. The van der Waals surface area contributed by atoms with Gasteiger partial charge in [-0.25, -0.2) is 5.84 Å². The first-order valence-corrected chi connectivity index (χ1v) is 5.51. The van der Waals surface area contributed by atoms with Gasteiger partial charge in [-0.15, -0.1) is 10.2 Å². The molecule has 0 saturated carbocycles. The van der Waals surface area contributed by atoms with Crippen molar-refractivity contribution in [3.63, 3.8) is 0 Å². The van der Waals surface area contributed by atoms with Crippen LogP contribution in [-0.2, 0) is 9.53 Å². The highest BCUT2D eigenvalue weighted by Crippen LogP contribution is 1.99. The van der Waals surface area contributed by atoms with Gasteiger partial charge in [0.25, 0.3) is 5.91 Å². The van der Waals surface area contributed by atoms with Crippen LogP contribution in [0.2, 0.25) is 0 Å². The molecule has 19 heavy (non-hydrogen) atoms. The van der Waals surface area contributed by atoms with Gasteiger partial charge in [0.2, 0.25) is 5.91 Å². The Hall–Kier alpha value is -2.26. The lowest BCUT2D eigenvalue weighted by molar-refractivity contribution is -0.120. The molecule has 1 aromatic heterocycles. The Morgan fingerprint density at radius 2 is 2.11 bits per heavy atom. The van der Waals surface area contributed by atoms with Crippen LogP contribution in [0.4, 0.5) is 5.82 Å². The van der Waals surface area contributed by atoms with Gasteiger partial charge >= 0.3 is 0 Å². The van der Waals surface area contributed by atoms with E-state index in [9.17, 15) is 9.59 Å². The lowest BCUT2D eigenvalue weighted by atomic mass is 10.3. The van der Waals surface area contributed by atoms with Gasteiger partial charge in [-0.05, 0) is 12.1 Å². The van der Waals surface area contributed by atoms with Crippen LogP contribution in [0.1, 0.15) is 10.5 Å². The summed E-state index contributed by atoms with van der Waals surface area (Å²) in [6, 6.07) is 2.95. The van der Waals surface area contributed by atoms with E-state index in [1.54, 1.807) is 0 Å². The van der Waals surface area contributed by atoms with E-state index in [1.807, 2.05) is 0 Å². The zero-order chi connectivity index (χ0) is 14.1. The van der Waals surface area contributed by atoms with Crippen molar-refractivity contribution in [3.05, 3.63) is 17.8 Å². The second-order valence-electron chi connectivity index (χ2n) is 3.47. The maximum absolute atomic E-state index is 11.6. The largest absolute Gasteiger partial charge is 0.383 e. The number of carbonyl (C=O) groups excluding carboxylic acids is 2. The molecule has 9 heteroatoms. The van der Waals surface area contributed by atoms with Gasteiger partial charge in [-0.2, -0.15) is 0 Å². The van der Waals surface area contributed by atoms with Crippen LogP contribution in [0.25, 0.3) is 0 Å². The van der Waals surface area contributed by atoms with Crippen LogP contribution in [0.5, 0.6) is 0 Å². The van der Waals surface area contributed by atoms with E-state index in [0.29, 0.717) is 19.0 Å². The predicted molar refractivity (Wildman–Crippen MR) is 67.1 cm³/mol. The van der Waals surface area contributed by atoms with Crippen LogP contribution in [0, 0.1) is 0 Å². The summed E-state index contributed by atoms with van der Waals surface area (Å²) in [4.78, 5) is 22.9. The summed E-state index contributed by atoms with van der Waals surface area (Å²) in [5, 5.41) is 12.3. The van der Waals surface area contributed by atoms with Gasteiger partial charge in [0.1, 0.15) is 0 Å². The second-order valence-corrected chi connectivity index (χ2v) is 3.47. The predicted octanol–water partition coefficient (Wildman–Crippen LogP) is -1.75. The van der Waals surface area contributed by atoms with E-state index in [1.165, 1.54) is 19.2 Å². The molecular weight excluding hydrogens is 252 g/mol. The molecule has 1 heterocycles. The van der Waals surface area contributed by atoms with E-state index in [0.717, 1.165) is 0 Å². The molecule has 0 fully saturated rings. The zero-order valence-electron chi connectivity index (χ0n) is 10.5. The fraction of sp³-hybridized carbons (Fsp3) is 0.400. The number of aromatic nitrogens is 2. The summed E-state index contributed by atoms with van der Waals surface area (Å²) >= 11 is 0. The summed E-state index contributed by atoms with van der Waals surface area (Å²) in [6.45, 7) is 0.668. The molecular formula is C10H16N6O3. The maximum atomic E-state index is 11.6. The number of rotatable bonds is 7.